The monoisotopic (exact) mass is 434 g/mol. The number of benzene rings is 2. The first-order chi connectivity index (χ1) is 13.6. The number of hydrogen-bond donors (Lipinski definition) is 1. The van der Waals surface area contributed by atoms with Crippen molar-refractivity contribution in [3.8, 4) is 0 Å². The normalized spacial score (nSPS) is 14.9. The van der Waals surface area contributed by atoms with Crippen molar-refractivity contribution in [3.63, 3.8) is 0 Å². The summed E-state index contributed by atoms with van der Waals surface area (Å²) in [4.78, 5) is 15.3. The summed E-state index contributed by atoms with van der Waals surface area (Å²) in [5.74, 6) is -0.0375. The Labute approximate surface area is 186 Å². The van der Waals surface area contributed by atoms with Crippen LogP contribution in [-0.4, -0.2) is 25.5 Å². The fraction of sp³-hybridized carbons (Fsp3) is 0.458. The standard InChI is InChI=1S/C24H31ClN2O.ClH/c1-19-8-10-20(11-9-19)14-15-26-24(28)22-18-21(25)12-13-23(22)27-16-6-4-2-3-5-7-17-27;/h8-13,18H,2-7,14-17H2,1H3,(H,26,28);1H. The molecule has 0 radical (unpaired) electrons. The van der Waals surface area contributed by atoms with Gasteiger partial charge in [0.1, 0.15) is 0 Å². The number of carbonyl (C=O) groups is 1. The summed E-state index contributed by atoms with van der Waals surface area (Å²) >= 11 is 6.23. The molecule has 3 rings (SSSR count). The maximum atomic E-state index is 12.9. The van der Waals surface area contributed by atoms with Crippen LogP contribution in [0.15, 0.2) is 42.5 Å². The van der Waals surface area contributed by atoms with Gasteiger partial charge in [0.05, 0.1) is 5.56 Å². The Morgan fingerprint density at radius 2 is 1.59 bits per heavy atom. The molecule has 1 N–H and O–H groups in total. The van der Waals surface area contributed by atoms with Crippen LogP contribution in [0.4, 0.5) is 5.69 Å². The van der Waals surface area contributed by atoms with Crippen LogP contribution in [0.2, 0.25) is 5.02 Å². The highest BCUT2D eigenvalue weighted by Crippen LogP contribution is 2.26. The van der Waals surface area contributed by atoms with Crippen LogP contribution < -0.4 is 10.2 Å². The lowest BCUT2D eigenvalue weighted by Gasteiger charge is -2.26. The second kappa shape index (κ2) is 12.1. The minimum atomic E-state index is -0.0375. The molecule has 1 aliphatic heterocycles. The molecule has 0 bridgehead atoms. The number of nitrogens with zero attached hydrogens (tertiary/aromatic N) is 1. The van der Waals surface area contributed by atoms with Gasteiger partial charge in [0, 0.05) is 30.3 Å². The van der Waals surface area contributed by atoms with Crippen molar-refractivity contribution in [1.29, 1.82) is 0 Å². The minimum Gasteiger partial charge on any atom is -0.371 e. The predicted octanol–water partition coefficient (Wildman–Crippen LogP) is 6.20. The number of amides is 1. The number of carbonyl (C=O) groups excluding carboxylic acids is 1. The van der Waals surface area contributed by atoms with Crippen molar-refractivity contribution < 1.29 is 4.79 Å². The molecule has 158 valence electrons. The smallest absolute Gasteiger partial charge is 0.253 e. The molecule has 5 heteroatoms. The van der Waals surface area contributed by atoms with Gasteiger partial charge in [-0.25, -0.2) is 0 Å². The van der Waals surface area contributed by atoms with Crippen molar-refractivity contribution in [2.75, 3.05) is 24.5 Å². The highest BCUT2D eigenvalue weighted by molar-refractivity contribution is 6.31. The zero-order valence-corrected chi connectivity index (χ0v) is 18.8. The van der Waals surface area contributed by atoms with Crippen LogP contribution in [0, 0.1) is 6.92 Å². The number of nitrogens with one attached hydrogen (secondary N) is 1. The van der Waals surface area contributed by atoms with E-state index in [4.69, 9.17) is 11.6 Å². The lowest BCUT2D eigenvalue weighted by molar-refractivity contribution is 0.0954. The second-order valence-corrected chi connectivity index (χ2v) is 8.20. The molecule has 1 aliphatic rings. The van der Waals surface area contributed by atoms with Crippen molar-refractivity contribution >= 4 is 35.6 Å². The lowest BCUT2D eigenvalue weighted by Crippen LogP contribution is -2.31. The van der Waals surface area contributed by atoms with Gasteiger partial charge in [0.2, 0.25) is 0 Å². The van der Waals surface area contributed by atoms with E-state index in [0.717, 1.165) is 25.2 Å². The van der Waals surface area contributed by atoms with Gasteiger partial charge in [0.25, 0.3) is 5.91 Å². The average Bonchev–Trinajstić information content (AvgIpc) is 2.83. The molecule has 1 fully saturated rings. The topological polar surface area (TPSA) is 32.3 Å². The first kappa shape index (κ1) is 23.6. The molecule has 0 atom stereocenters. The molecular weight excluding hydrogens is 403 g/mol. The summed E-state index contributed by atoms with van der Waals surface area (Å²) in [5, 5.41) is 3.69. The van der Waals surface area contributed by atoms with Gasteiger partial charge in [0.15, 0.2) is 0 Å². The zero-order chi connectivity index (χ0) is 19.8. The second-order valence-electron chi connectivity index (χ2n) is 7.76. The summed E-state index contributed by atoms with van der Waals surface area (Å²) in [7, 11) is 0. The SMILES string of the molecule is Cc1ccc(CCNC(=O)c2cc(Cl)ccc2N2CCCCCCCC2)cc1.Cl. The van der Waals surface area contributed by atoms with Crippen molar-refractivity contribution in [1.82, 2.24) is 5.32 Å². The average molecular weight is 435 g/mol. The summed E-state index contributed by atoms with van der Waals surface area (Å²) in [5.41, 5.74) is 4.19. The maximum Gasteiger partial charge on any atom is 0.253 e. The van der Waals surface area contributed by atoms with Gasteiger partial charge in [-0.15, -0.1) is 12.4 Å². The fourth-order valence-corrected chi connectivity index (χ4v) is 3.97. The molecule has 1 saturated heterocycles. The van der Waals surface area contributed by atoms with Gasteiger partial charge in [-0.3, -0.25) is 4.79 Å². The van der Waals surface area contributed by atoms with E-state index in [9.17, 15) is 4.79 Å². The number of aryl methyl sites for hydroxylation is 1. The quantitative estimate of drug-likeness (QED) is 0.606. The van der Waals surface area contributed by atoms with Crippen molar-refractivity contribution in [2.45, 2.75) is 51.9 Å². The molecule has 2 aromatic carbocycles. The highest BCUT2D eigenvalue weighted by Gasteiger charge is 2.17. The Balaban J connectivity index is 0.00000300. The van der Waals surface area contributed by atoms with Gasteiger partial charge < -0.3 is 10.2 Å². The molecule has 3 nitrogen and oxygen atoms in total. The summed E-state index contributed by atoms with van der Waals surface area (Å²) in [6.45, 7) is 4.71. The first-order valence-electron chi connectivity index (χ1n) is 10.5. The van der Waals surface area contributed by atoms with E-state index in [2.05, 4.69) is 41.4 Å². The molecular formula is C24H32Cl2N2O. The van der Waals surface area contributed by atoms with Crippen LogP contribution in [0.1, 0.15) is 60.0 Å². The maximum absolute atomic E-state index is 12.9. The van der Waals surface area contributed by atoms with Crippen molar-refractivity contribution in [2.24, 2.45) is 0 Å². The van der Waals surface area contributed by atoms with Crippen molar-refractivity contribution in [3.05, 3.63) is 64.2 Å². The zero-order valence-electron chi connectivity index (χ0n) is 17.3. The highest BCUT2D eigenvalue weighted by atomic mass is 35.5. The van der Waals surface area contributed by atoms with Gasteiger partial charge in [-0.1, -0.05) is 67.1 Å². The fourth-order valence-electron chi connectivity index (χ4n) is 3.80. The third-order valence-electron chi connectivity index (χ3n) is 5.47. The summed E-state index contributed by atoms with van der Waals surface area (Å²) in [6.07, 6.45) is 8.35. The Morgan fingerprint density at radius 1 is 0.966 bits per heavy atom. The Morgan fingerprint density at radius 3 is 2.24 bits per heavy atom. The molecule has 1 amide bonds. The van der Waals surface area contributed by atoms with E-state index < -0.39 is 0 Å². The molecule has 1 heterocycles. The number of hydrogen-bond acceptors (Lipinski definition) is 2. The molecule has 0 unspecified atom stereocenters. The molecule has 0 aliphatic carbocycles. The van der Waals surface area contributed by atoms with Crippen LogP contribution in [-0.2, 0) is 6.42 Å². The number of rotatable bonds is 5. The molecule has 0 saturated carbocycles. The van der Waals surface area contributed by atoms with Gasteiger partial charge >= 0.3 is 0 Å². The molecule has 2 aromatic rings. The summed E-state index contributed by atoms with van der Waals surface area (Å²) in [6, 6.07) is 14.2. The van der Waals surface area contributed by atoms with E-state index in [-0.39, 0.29) is 18.3 Å². The molecule has 0 spiro atoms. The van der Waals surface area contributed by atoms with Crippen LogP contribution in [0.3, 0.4) is 0 Å². The molecule has 29 heavy (non-hydrogen) atoms. The van der Waals surface area contributed by atoms with Crippen LogP contribution in [0.25, 0.3) is 0 Å². The number of halogens is 2. The van der Waals surface area contributed by atoms with Crippen LogP contribution >= 0.6 is 24.0 Å². The van der Waals surface area contributed by atoms with Crippen LogP contribution in [0.5, 0.6) is 0 Å². The van der Waals surface area contributed by atoms with E-state index in [1.807, 2.05) is 18.2 Å². The minimum absolute atomic E-state index is 0. The van der Waals surface area contributed by atoms with E-state index in [1.54, 1.807) is 0 Å². The third-order valence-corrected chi connectivity index (χ3v) is 5.70. The Kier molecular flexibility index (Phi) is 9.83. The predicted molar refractivity (Wildman–Crippen MR) is 126 cm³/mol. The third kappa shape index (κ3) is 7.24. The van der Waals surface area contributed by atoms with E-state index >= 15 is 0 Å². The summed E-state index contributed by atoms with van der Waals surface area (Å²) < 4.78 is 0. The van der Waals surface area contributed by atoms with E-state index in [1.165, 1.54) is 49.7 Å². The largest absolute Gasteiger partial charge is 0.371 e. The first-order valence-corrected chi connectivity index (χ1v) is 10.9. The van der Waals surface area contributed by atoms with Gasteiger partial charge in [-0.05, 0) is 49.9 Å². The lowest BCUT2D eigenvalue weighted by atomic mass is 10.1. The Bertz CT molecular complexity index is 767. The van der Waals surface area contributed by atoms with Gasteiger partial charge in [-0.2, -0.15) is 0 Å². The Hall–Kier alpha value is -1.71. The number of anilines is 1. The van der Waals surface area contributed by atoms with E-state index in [0.29, 0.717) is 17.1 Å². The molecule has 0 aromatic heterocycles.